The van der Waals surface area contributed by atoms with Crippen LogP contribution < -0.4 is 10.2 Å². The van der Waals surface area contributed by atoms with E-state index in [4.69, 9.17) is 9.05 Å². The summed E-state index contributed by atoms with van der Waals surface area (Å²) in [7, 11) is 1.31. The van der Waals surface area contributed by atoms with Crippen molar-refractivity contribution < 1.29 is 32.9 Å². The number of aliphatic hydroxyl groups is 1. The Labute approximate surface area is 379 Å². The Kier molecular flexibility index (Phi) is 43.5. The Morgan fingerprint density at radius 2 is 0.951 bits per heavy atom. The van der Waals surface area contributed by atoms with Gasteiger partial charge in [-0.2, -0.15) is 0 Å². The van der Waals surface area contributed by atoms with Gasteiger partial charge in [0.05, 0.1) is 39.9 Å². The standard InChI is InChI=1S/C52H103N2O6P/c1-6-8-10-12-13-14-15-16-17-18-19-20-21-22-23-24-25-26-27-28-29-30-31-32-33-34-35-36-37-38-39-40-41-42-44-46-52(56)53-50(51(55)45-43-11-9-7-2)49-60-61(57,58)59-48-47-54(3,4)5/h15-16,18-19,50-51,55H,6-14,17,20-49H2,1-5H3,(H-,53,56,57,58)/b16-15-,19-18-. The van der Waals surface area contributed by atoms with Crippen LogP contribution in [0.2, 0.25) is 0 Å². The number of likely N-dealkylation sites (N-methyl/N-ethyl adjacent to an activating group) is 1. The molecule has 2 N–H and O–H groups in total. The van der Waals surface area contributed by atoms with Gasteiger partial charge in [-0.15, -0.1) is 0 Å². The smallest absolute Gasteiger partial charge is 0.268 e. The van der Waals surface area contributed by atoms with E-state index in [1.165, 1.54) is 173 Å². The summed E-state index contributed by atoms with van der Waals surface area (Å²) >= 11 is 0. The molecule has 0 radical (unpaired) electrons. The molecule has 0 aliphatic rings. The van der Waals surface area contributed by atoms with Gasteiger partial charge in [-0.3, -0.25) is 9.36 Å². The van der Waals surface area contributed by atoms with Crippen molar-refractivity contribution in [3.05, 3.63) is 24.3 Å². The molecular formula is C52H103N2O6P. The average molecular weight is 883 g/mol. The van der Waals surface area contributed by atoms with Crippen LogP contribution in [0.4, 0.5) is 0 Å². The lowest BCUT2D eigenvalue weighted by atomic mass is 10.0. The molecule has 0 aromatic rings. The molecule has 0 spiro atoms. The van der Waals surface area contributed by atoms with E-state index in [-0.39, 0.29) is 19.1 Å². The topological polar surface area (TPSA) is 108 Å². The minimum absolute atomic E-state index is 0.0130. The fourth-order valence-electron chi connectivity index (χ4n) is 7.78. The molecule has 8 nitrogen and oxygen atoms in total. The van der Waals surface area contributed by atoms with Crippen LogP contribution in [0, 0.1) is 0 Å². The first-order valence-corrected chi connectivity index (χ1v) is 27.6. The van der Waals surface area contributed by atoms with E-state index in [2.05, 4.69) is 43.5 Å². The number of hydrogen-bond donors (Lipinski definition) is 2. The van der Waals surface area contributed by atoms with E-state index in [1.54, 1.807) is 0 Å². The molecule has 0 saturated carbocycles. The first-order chi connectivity index (χ1) is 29.5. The second-order valence-electron chi connectivity index (χ2n) is 19.2. The predicted octanol–water partition coefficient (Wildman–Crippen LogP) is 14.6. The van der Waals surface area contributed by atoms with E-state index >= 15 is 0 Å². The number of nitrogens with zero attached hydrogens (tertiary/aromatic N) is 1. The molecule has 9 heteroatoms. The summed E-state index contributed by atoms with van der Waals surface area (Å²) in [6.07, 6.45) is 54.4. The van der Waals surface area contributed by atoms with Crippen molar-refractivity contribution in [1.82, 2.24) is 5.32 Å². The number of phosphoric ester groups is 1. The normalized spacial score (nSPS) is 14.3. The predicted molar refractivity (Wildman–Crippen MR) is 261 cm³/mol. The van der Waals surface area contributed by atoms with Crippen molar-refractivity contribution in [2.45, 2.75) is 264 Å². The summed E-state index contributed by atoms with van der Waals surface area (Å²) in [6.45, 7) is 4.60. The first-order valence-electron chi connectivity index (χ1n) is 26.2. The molecule has 61 heavy (non-hydrogen) atoms. The van der Waals surface area contributed by atoms with Gasteiger partial charge in [0.15, 0.2) is 0 Å². The number of phosphoric acid groups is 1. The van der Waals surface area contributed by atoms with Crippen molar-refractivity contribution in [3.63, 3.8) is 0 Å². The fourth-order valence-corrected chi connectivity index (χ4v) is 8.50. The van der Waals surface area contributed by atoms with Gasteiger partial charge >= 0.3 is 0 Å². The molecule has 0 saturated heterocycles. The number of aliphatic hydroxyl groups excluding tert-OH is 1. The van der Waals surface area contributed by atoms with Gasteiger partial charge in [0.25, 0.3) is 7.82 Å². The van der Waals surface area contributed by atoms with Crippen LogP contribution in [0.5, 0.6) is 0 Å². The van der Waals surface area contributed by atoms with Crippen LogP contribution in [0.25, 0.3) is 0 Å². The number of rotatable bonds is 48. The Balaban J connectivity index is 3.68. The minimum atomic E-state index is -4.54. The number of hydrogen-bond acceptors (Lipinski definition) is 6. The lowest BCUT2D eigenvalue weighted by molar-refractivity contribution is -0.870. The van der Waals surface area contributed by atoms with E-state index in [9.17, 15) is 19.4 Å². The summed E-state index contributed by atoms with van der Waals surface area (Å²) in [5.74, 6) is -0.170. The maximum Gasteiger partial charge on any atom is 0.268 e. The summed E-state index contributed by atoms with van der Waals surface area (Å²) < 4.78 is 23.0. The molecule has 0 rings (SSSR count). The summed E-state index contributed by atoms with van der Waals surface area (Å²) in [5, 5.41) is 13.7. The average Bonchev–Trinajstić information content (AvgIpc) is 3.21. The fraction of sp³-hybridized carbons (Fsp3) is 0.904. The summed E-state index contributed by atoms with van der Waals surface area (Å²) in [5.41, 5.74) is 0. The first kappa shape index (κ1) is 60.0. The zero-order valence-corrected chi connectivity index (χ0v) is 42.0. The zero-order valence-electron chi connectivity index (χ0n) is 41.1. The number of unbranched alkanes of at least 4 members (excludes halogenated alkanes) is 31. The van der Waals surface area contributed by atoms with Crippen LogP contribution in [-0.4, -0.2) is 68.5 Å². The van der Waals surface area contributed by atoms with Gasteiger partial charge in [-0.25, -0.2) is 0 Å². The molecule has 0 aliphatic heterocycles. The van der Waals surface area contributed by atoms with Gasteiger partial charge < -0.3 is 28.8 Å². The molecule has 3 unspecified atom stereocenters. The molecule has 0 aliphatic carbocycles. The lowest BCUT2D eigenvalue weighted by Gasteiger charge is -2.30. The highest BCUT2D eigenvalue weighted by Gasteiger charge is 2.24. The molecule has 1 amide bonds. The quantitative estimate of drug-likeness (QED) is 0.0273. The van der Waals surface area contributed by atoms with Crippen molar-refractivity contribution in [2.75, 3.05) is 40.9 Å². The van der Waals surface area contributed by atoms with Gasteiger partial charge in [-0.05, 0) is 44.9 Å². The van der Waals surface area contributed by atoms with Crippen molar-refractivity contribution in [1.29, 1.82) is 0 Å². The minimum Gasteiger partial charge on any atom is -0.756 e. The molecule has 0 aromatic heterocycles. The second kappa shape index (κ2) is 44.2. The molecule has 0 fully saturated rings. The van der Waals surface area contributed by atoms with Crippen molar-refractivity contribution in [2.24, 2.45) is 0 Å². The van der Waals surface area contributed by atoms with Crippen LogP contribution in [0.1, 0.15) is 251 Å². The highest BCUT2D eigenvalue weighted by atomic mass is 31.2. The van der Waals surface area contributed by atoms with Gasteiger partial charge in [-0.1, -0.05) is 224 Å². The van der Waals surface area contributed by atoms with Gasteiger partial charge in [0.1, 0.15) is 13.2 Å². The number of amides is 1. The largest absolute Gasteiger partial charge is 0.756 e. The third-order valence-corrected chi connectivity index (χ3v) is 12.9. The van der Waals surface area contributed by atoms with Crippen molar-refractivity contribution >= 4 is 13.7 Å². The number of nitrogens with one attached hydrogen (secondary N) is 1. The Bertz CT molecular complexity index is 1050. The Morgan fingerprint density at radius 1 is 0.574 bits per heavy atom. The zero-order chi connectivity index (χ0) is 45.0. The van der Waals surface area contributed by atoms with E-state index in [1.807, 2.05) is 21.1 Å². The van der Waals surface area contributed by atoms with Crippen LogP contribution in [0.15, 0.2) is 24.3 Å². The molecule has 0 aromatic carbocycles. The number of carbonyl (C=O) groups is 1. The molecule has 362 valence electrons. The SMILES string of the molecule is CCCCCCC/C=C\C/C=C\CCCCCCCCCCCCCCCCCCCCCCCCCC(=O)NC(COP(=O)([O-])OCC[N+](C)(C)C)C(O)CCCCCC. The third-order valence-electron chi connectivity index (χ3n) is 11.9. The van der Waals surface area contributed by atoms with E-state index < -0.39 is 20.0 Å². The molecular weight excluding hydrogens is 780 g/mol. The van der Waals surface area contributed by atoms with E-state index in [0.717, 1.165) is 51.4 Å². The van der Waals surface area contributed by atoms with Crippen molar-refractivity contribution in [3.8, 4) is 0 Å². The monoisotopic (exact) mass is 883 g/mol. The number of quaternary nitrogens is 1. The van der Waals surface area contributed by atoms with Crippen LogP contribution >= 0.6 is 7.82 Å². The molecule has 0 heterocycles. The maximum absolute atomic E-state index is 12.8. The third kappa shape index (κ3) is 46.8. The second-order valence-corrected chi connectivity index (χ2v) is 20.6. The number of carbonyl (C=O) groups excluding carboxylic acids is 1. The highest BCUT2D eigenvalue weighted by molar-refractivity contribution is 7.45. The summed E-state index contributed by atoms with van der Waals surface area (Å²) in [6, 6.07) is -0.792. The highest BCUT2D eigenvalue weighted by Crippen LogP contribution is 2.38. The summed E-state index contributed by atoms with van der Waals surface area (Å²) in [4.78, 5) is 25.1. The number of allylic oxidation sites excluding steroid dienone is 4. The van der Waals surface area contributed by atoms with E-state index in [0.29, 0.717) is 23.9 Å². The molecule has 3 atom stereocenters. The van der Waals surface area contributed by atoms with Crippen LogP contribution in [-0.2, 0) is 18.4 Å². The lowest BCUT2D eigenvalue weighted by Crippen LogP contribution is -2.46. The maximum atomic E-state index is 12.8. The Morgan fingerprint density at radius 3 is 1.36 bits per heavy atom. The van der Waals surface area contributed by atoms with Gasteiger partial charge in [0.2, 0.25) is 5.91 Å². The molecule has 0 bridgehead atoms. The Hall–Kier alpha value is -1.02. The van der Waals surface area contributed by atoms with Crippen LogP contribution in [0.3, 0.4) is 0 Å². The van der Waals surface area contributed by atoms with Gasteiger partial charge in [0, 0.05) is 6.42 Å².